The van der Waals surface area contributed by atoms with Crippen LogP contribution in [-0.2, 0) is 0 Å². The Morgan fingerprint density at radius 1 is 1.35 bits per heavy atom. The number of rotatable bonds is 3. The molecule has 0 fully saturated rings. The predicted octanol–water partition coefficient (Wildman–Crippen LogP) is 2.32. The van der Waals surface area contributed by atoms with Gasteiger partial charge in [-0.25, -0.2) is 4.98 Å². The molecule has 0 aliphatic carbocycles. The third-order valence-electron chi connectivity index (χ3n) is 1.95. The van der Waals surface area contributed by atoms with Gasteiger partial charge in [-0.05, 0) is 28.1 Å². The summed E-state index contributed by atoms with van der Waals surface area (Å²) in [7, 11) is 0. The molecule has 0 amide bonds. The second-order valence-electron chi connectivity index (χ2n) is 3.24. The highest BCUT2D eigenvalue weighted by atomic mass is 79.9. The first-order valence-electron chi connectivity index (χ1n) is 4.74. The molecule has 0 aliphatic rings. The van der Waals surface area contributed by atoms with Gasteiger partial charge in [0.1, 0.15) is 11.6 Å². The van der Waals surface area contributed by atoms with Gasteiger partial charge in [-0.2, -0.15) is 0 Å². The Kier molecular flexibility index (Phi) is 3.34. The first kappa shape index (κ1) is 11.5. The van der Waals surface area contributed by atoms with Gasteiger partial charge >= 0.3 is 0 Å². The molecular formula is C11H9BrN4O. The lowest BCUT2D eigenvalue weighted by atomic mass is 10.2. The van der Waals surface area contributed by atoms with Gasteiger partial charge in [0, 0.05) is 28.5 Å². The Balaban J connectivity index is 2.24. The summed E-state index contributed by atoms with van der Waals surface area (Å²) in [6.07, 6.45) is 4.77. The van der Waals surface area contributed by atoms with E-state index in [0.717, 1.165) is 4.47 Å². The number of nitrogens with zero attached hydrogens (tertiary/aromatic N) is 2. The molecule has 6 heteroatoms. The number of hydrogen-bond acceptors (Lipinski definition) is 4. The number of aromatic nitrogens is 2. The predicted molar refractivity (Wildman–Crippen MR) is 67.3 cm³/mol. The van der Waals surface area contributed by atoms with Gasteiger partial charge in [0.25, 0.3) is 0 Å². The second kappa shape index (κ2) is 4.92. The average Bonchev–Trinajstić information content (AvgIpc) is 2.29. The van der Waals surface area contributed by atoms with E-state index in [4.69, 9.17) is 15.9 Å². The molecule has 0 saturated heterocycles. The van der Waals surface area contributed by atoms with Crippen molar-refractivity contribution < 1.29 is 4.74 Å². The first-order chi connectivity index (χ1) is 8.15. The van der Waals surface area contributed by atoms with Crippen LogP contribution in [0.3, 0.4) is 0 Å². The quantitative estimate of drug-likeness (QED) is 0.671. The van der Waals surface area contributed by atoms with Crippen molar-refractivity contribution in [3.8, 4) is 11.6 Å². The van der Waals surface area contributed by atoms with Gasteiger partial charge in [0.05, 0.1) is 6.20 Å². The fraction of sp³-hybridized carbons (Fsp3) is 0. The highest BCUT2D eigenvalue weighted by Crippen LogP contribution is 2.21. The van der Waals surface area contributed by atoms with Crippen molar-refractivity contribution in [3.63, 3.8) is 0 Å². The number of halogens is 1. The molecule has 2 heterocycles. The summed E-state index contributed by atoms with van der Waals surface area (Å²) in [6.45, 7) is 0. The van der Waals surface area contributed by atoms with Crippen molar-refractivity contribution in [2.45, 2.75) is 0 Å². The van der Waals surface area contributed by atoms with E-state index in [-0.39, 0.29) is 5.84 Å². The summed E-state index contributed by atoms with van der Waals surface area (Å²) in [5, 5.41) is 7.32. The Bertz CT molecular complexity index is 559. The van der Waals surface area contributed by atoms with Crippen LogP contribution >= 0.6 is 15.9 Å². The fourth-order valence-corrected chi connectivity index (χ4v) is 1.55. The van der Waals surface area contributed by atoms with Crippen molar-refractivity contribution in [2.75, 3.05) is 0 Å². The van der Waals surface area contributed by atoms with E-state index in [1.807, 2.05) is 0 Å². The molecule has 2 aromatic rings. The van der Waals surface area contributed by atoms with Crippen LogP contribution in [0.25, 0.3) is 0 Å². The van der Waals surface area contributed by atoms with Gasteiger partial charge in [-0.15, -0.1) is 0 Å². The molecule has 0 aromatic carbocycles. The molecule has 2 aromatic heterocycles. The van der Waals surface area contributed by atoms with E-state index in [0.29, 0.717) is 17.2 Å². The third-order valence-corrected chi connectivity index (χ3v) is 2.38. The van der Waals surface area contributed by atoms with Gasteiger partial charge < -0.3 is 10.5 Å². The molecule has 2 rings (SSSR count). The lowest BCUT2D eigenvalue weighted by Gasteiger charge is -2.05. The lowest BCUT2D eigenvalue weighted by Crippen LogP contribution is -2.11. The maximum Gasteiger partial charge on any atom is 0.219 e. The molecule has 86 valence electrons. The summed E-state index contributed by atoms with van der Waals surface area (Å²) in [4.78, 5) is 8.00. The molecule has 0 unspecified atom stereocenters. The van der Waals surface area contributed by atoms with Crippen LogP contribution in [-0.4, -0.2) is 15.8 Å². The monoisotopic (exact) mass is 292 g/mol. The van der Waals surface area contributed by atoms with Gasteiger partial charge in [0.15, 0.2) is 0 Å². The summed E-state index contributed by atoms with van der Waals surface area (Å²) in [5.74, 6) is 0.912. The summed E-state index contributed by atoms with van der Waals surface area (Å²) < 4.78 is 6.31. The van der Waals surface area contributed by atoms with E-state index >= 15 is 0 Å². The highest BCUT2D eigenvalue weighted by molar-refractivity contribution is 9.10. The van der Waals surface area contributed by atoms with Crippen LogP contribution in [0.2, 0.25) is 0 Å². The molecule has 5 nitrogen and oxygen atoms in total. The van der Waals surface area contributed by atoms with Crippen LogP contribution < -0.4 is 10.5 Å². The van der Waals surface area contributed by atoms with E-state index < -0.39 is 0 Å². The van der Waals surface area contributed by atoms with Crippen LogP contribution in [0.5, 0.6) is 11.6 Å². The molecule has 0 saturated carbocycles. The van der Waals surface area contributed by atoms with Crippen LogP contribution in [0.15, 0.2) is 41.3 Å². The van der Waals surface area contributed by atoms with E-state index in [1.165, 1.54) is 6.20 Å². The summed E-state index contributed by atoms with van der Waals surface area (Å²) in [6, 6.07) is 5.02. The van der Waals surface area contributed by atoms with Crippen molar-refractivity contribution in [2.24, 2.45) is 5.73 Å². The number of nitrogens with one attached hydrogen (secondary N) is 1. The Hall–Kier alpha value is -1.95. The lowest BCUT2D eigenvalue weighted by molar-refractivity contribution is 0.460. The van der Waals surface area contributed by atoms with Crippen molar-refractivity contribution in [1.82, 2.24) is 9.97 Å². The minimum atomic E-state index is -0.0235. The standard InChI is InChI=1S/C11H9BrN4O/c12-8-4-9(6-15-5-8)17-10-3-7(11(13)14)1-2-16-10/h1-6H,(H3,13,14). The normalized spacial score (nSPS) is 9.94. The third kappa shape index (κ3) is 3.01. The number of nitrogen functional groups attached to an aromatic ring is 1. The average molecular weight is 293 g/mol. The Labute approximate surface area is 106 Å². The molecule has 17 heavy (non-hydrogen) atoms. The fourth-order valence-electron chi connectivity index (χ4n) is 1.20. The molecule has 3 N–H and O–H groups in total. The second-order valence-corrected chi connectivity index (χ2v) is 4.15. The van der Waals surface area contributed by atoms with E-state index in [2.05, 4.69) is 25.9 Å². The first-order valence-corrected chi connectivity index (χ1v) is 5.53. The number of nitrogens with two attached hydrogens (primary N) is 1. The smallest absolute Gasteiger partial charge is 0.219 e. The highest BCUT2D eigenvalue weighted by Gasteiger charge is 2.03. The number of amidine groups is 1. The van der Waals surface area contributed by atoms with Gasteiger partial charge in [-0.3, -0.25) is 10.4 Å². The summed E-state index contributed by atoms with van der Waals surface area (Å²) in [5.41, 5.74) is 5.95. The van der Waals surface area contributed by atoms with Crippen molar-refractivity contribution in [3.05, 3.63) is 46.8 Å². The van der Waals surface area contributed by atoms with Gasteiger partial charge in [-0.1, -0.05) is 0 Å². The number of ether oxygens (including phenoxy) is 1. The molecule has 0 radical (unpaired) electrons. The topological polar surface area (TPSA) is 84.9 Å². The minimum Gasteiger partial charge on any atom is -0.437 e. The van der Waals surface area contributed by atoms with Crippen LogP contribution in [0, 0.1) is 5.41 Å². The maximum atomic E-state index is 7.32. The Morgan fingerprint density at radius 3 is 2.88 bits per heavy atom. The number of hydrogen-bond donors (Lipinski definition) is 2. The van der Waals surface area contributed by atoms with Crippen LogP contribution in [0.1, 0.15) is 5.56 Å². The zero-order valence-corrected chi connectivity index (χ0v) is 10.3. The number of pyridine rings is 2. The van der Waals surface area contributed by atoms with Crippen LogP contribution in [0.4, 0.5) is 0 Å². The molecule has 0 atom stereocenters. The molecule has 0 aliphatic heterocycles. The zero-order valence-electron chi connectivity index (χ0n) is 8.72. The maximum absolute atomic E-state index is 7.32. The van der Waals surface area contributed by atoms with Gasteiger partial charge in [0.2, 0.25) is 5.88 Å². The zero-order chi connectivity index (χ0) is 12.3. The van der Waals surface area contributed by atoms with E-state index in [9.17, 15) is 0 Å². The largest absolute Gasteiger partial charge is 0.437 e. The van der Waals surface area contributed by atoms with Crippen molar-refractivity contribution >= 4 is 21.8 Å². The Morgan fingerprint density at radius 2 is 2.18 bits per heavy atom. The summed E-state index contributed by atoms with van der Waals surface area (Å²) >= 11 is 3.30. The SMILES string of the molecule is N=C(N)c1ccnc(Oc2cncc(Br)c2)c1. The minimum absolute atomic E-state index is 0.0235. The van der Waals surface area contributed by atoms with Crippen molar-refractivity contribution in [1.29, 1.82) is 5.41 Å². The molecular weight excluding hydrogens is 284 g/mol. The molecule has 0 bridgehead atoms. The van der Waals surface area contributed by atoms with E-state index in [1.54, 1.807) is 30.6 Å². The molecule has 0 spiro atoms.